The normalized spacial score (nSPS) is 18.8. The third-order valence-corrected chi connectivity index (χ3v) is 3.26. The maximum Gasteiger partial charge on any atom is 0.254 e. The van der Waals surface area contributed by atoms with Crippen LogP contribution in [0.5, 0.6) is 0 Å². The van der Waals surface area contributed by atoms with Crippen LogP contribution >= 0.6 is 11.6 Å². The molecule has 1 aliphatic rings. The molecular formula is C13H16ClNO2. The summed E-state index contributed by atoms with van der Waals surface area (Å²) in [6.07, 6.45) is 0. The van der Waals surface area contributed by atoms with Gasteiger partial charge in [-0.05, 0) is 38.0 Å². The number of nitrogens with zero attached hydrogens (tertiary/aromatic N) is 1. The van der Waals surface area contributed by atoms with E-state index < -0.39 is 5.41 Å². The van der Waals surface area contributed by atoms with Gasteiger partial charge in [-0.1, -0.05) is 23.7 Å². The number of amides is 1. The Morgan fingerprint density at radius 2 is 2.18 bits per heavy atom. The molecule has 0 bridgehead atoms. The lowest BCUT2D eigenvalue weighted by atomic mass is 9.95. The van der Waals surface area contributed by atoms with Crippen LogP contribution in [-0.4, -0.2) is 17.6 Å². The quantitative estimate of drug-likeness (QED) is 0.811. The number of rotatable bonds is 2. The zero-order chi connectivity index (χ0) is 12.6. The van der Waals surface area contributed by atoms with Crippen LogP contribution in [0.2, 0.25) is 5.02 Å². The van der Waals surface area contributed by atoms with E-state index in [4.69, 9.17) is 16.4 Å². The Bertz CT molecular complexity index is 457. The highest BCUT2D eigenvalue weighted by Gasteiger charge is 2.40. The Balaban J connectivity index is 2.15. The van der Waals surface area contributed by atoms with Crippen molar-refractivity contribution in [2.24, 2.45) is 5.41 Å². The zero-order valence-corrected chi connectivity index (χ0v) is 11.0. The van der Waals surface area contributed by atoms with Crippen molar-refractivity contribution in [2.75, 3.05) is 6.61 Å². The molecule has 0 N–H and O–H groups in total. The van der Waals surface area contributed by atoms with Gasteiger partial charge in [0, 0.05) is 5.02 Å². The molecule has 0 aromatic heterocycles. The summed E-state index contributed by atoms with van der Waals surface area (Å²) in [6, 6.07) is 5.80. The second kappa shape index (κ2) is 4.31. The van der Waals surface area contributed by atoms with Crippen molar-refractivity contribution in [3.8, 4) is 0 Å². The summed E-state index contributed by atoms with van der Waals surface area (Å²) in [6.45, 7) is 6.57. The molecule has 0 radical (unpaired) electrons. The molecular weight excluding hydrogens is 238 g/mol. The van der Waals surface area contributed by atoms with E-state index in [0.29, 0.717) is 18.2 Å². The monoisotopic (exact) mass is 253 g/mol. The molecule has 1 aromatic rings. The molecule has 0 unspecified atom stereocenters. The van der Waals surface area contributed by atoms with Gasteiger partial charge in [-0.25, -0.2) is 5.06 Å². The first-order valence-corrected chi connectivity index (χ1v) is 5.98. The minimum atomic E-state index is -0.433. The minimum Gasteiger partial charge on any atom is -0.272 e. The van der Waals surface area contributed by atoms with Gasteiger partial charge in [0.05, 0.1) is 18.6 Å². The molecule has 1 aliphatic heterocycles. The molecule has 1 heterocycles. The highest BCUT2D eigenvalue weighted by molar-refractivity contribution is 6.31. The standard InChI is InChI=1S/C13H16ClNO2/c1-9-4-5-10(11(14)6-9)7-15-12(16)13(2,3)8-17-15/h4-6H,7-8H2,1-3H3. The van der Waals surface area contributed by atoms with E-state index in [-0.39, 0.29) is 5.91 Å². The van der Waals surface area contributed by atoms with Crippen molar-refractivity contribution < 1.29 is 9.63 Å². The Labute approximate surface area is 106 Å². The number of benzene rings is 1. The first kappa shape index (κ1) is 12.4. The fourth-order valence-electron chi connectivity index (χ4n) is 1.75. The molecule has 92 valence electrons. The van der Waals surface area contributed by atoms with E-state index in [1.807, 2.05) is 39.0 Å². The third kappa shape index (κ3) is 2.45. The summed E-state index contributed by atoms with van der Waals surface area (Å²) < 4.78 is 0. The number of carbonyl (C=O) groups is 1. The summed E-state index contributed by atoms with van der Waals surface area (Å²) in [5, 5.41) is 2.07. The van der Waals surface area contributed by atoms with Gasteiger partial charge in [0.25, 0.3) is 5.91 Å². The lowest BCUT2D eigenvalue weighted by Gasteiger charge is -2.17. The summed E-state index contributed by atoms with van der Waals surface area (Å²) in [5.41, 5.74) is 1.58. The minimum absolute atomic E-state index is 0.00846. The highest BCUT2D eigenvalue weighted by atomic mass is 35.5. The van der Waals surface area contributed by atoms with Gasteiger partial charge in [0.1, 0.15) is 0 Å². The van der Waals surface area contributed by atoms with Crippen molar-refractivity contribution in [2.45, 2.75) is 27.3 Å². The number of hydrogen-bond donors (Lipinski definition) is 0. The Hall–Kier alpha value is -1.06. The Kier molecular flexibility index (Phi) is 3.15. The smallest absolute Gasteiger partial charge is 0.254 e. The van der Waals surface area contributed by atoms with Crippen LogP contribution in [0.4, 0.5) is 0 Å². The Morgan fingerprint density at radius 1 is 1.47 bits per heavy atom. The fourth-order valence-corrected chi connectivity index (χ4v) is 2.04. The molecule has 4 heteroatoms. The van der Waals surface area contributed by atoms with E-state index in [1.165, 1.54) is 5.06 Å². The van der Waals surface area contributed by atoms with Crippen molar-refractivity contribution in [3.05, 3.63) is 34.3 Å². The molecule has 1 aromatic carbocycles. The molecule has 0 spiro atoms. The van der Waals surface area contributed by atoms with Gasteiger partial charge < -0.3 is 0 Å². The van der Waals surface area contributed by atoms with Gasteiger partial charge in [-0.3, -0.25) is 9.63 Å². The predicted octanol–water partition coefficient (Wildman–Crippen LogP) is 2.95. The largest absolute Gasteiger partial charge is 0.272 e. The molecule has 1 amide bonds. The summed E-state index contributed by atoms with van der Waals surface area (Å²) in [7, 11) is 0. The van der Waals surface area contributed by atoms with Crippen LogP contribution in [0.1, 0.15) is 25.0 Å². The molecule has 2 rings (SSSR count). The van der Waals surface area contributed by atoms with Crippen LogP contribution in [0.15, 0.2) is 18.2 Å². The second-order valence-corrected chi connectivity index (χ2v) is 5.50. The Morgan fingerprint density at radius 3 is 2.71 bits per heavy atom. The average Bonchev–Trinajstić information content (AvgIpc) is 2.49. The summed E-state index contributed by atoms with van der Waals surface area (Å²) in [4.78, 5) is 17.4. The van der Waals surface area contributed by atoms with Gasteiger partial charge >= 0.3 is 0 Å². The van der Waals surface area contributed by atoms with Crippen molar-refractivity contribution >= 4 is 17.5 Å². The summed E-state index contributed by atoms with van der Waals surface area (Å²) in [5.74, 6) is 0.00846. The van der Waals surface area contributed by atoms with Crippen LogP contribution in [-0.2, 0) is 16.2 Å². The van der Waals surface area contributed by atoms with Crippen LogP contribution < -0.4 is 0 Å². The highest BCUT2D eigenvalue weighted by Crippen LogP contribution is 2.29. The van der Waals surface area contributed by atoms with Crippen LogP contribution in [0.3, 0.4) is 0 Å². The van der Waals surface area contributed by atoms with E-state index >= 15 is 0 Å². The van der Waals surface area contributed by atoms with E-state index in [0.717, 1.165) is 11.1 Å². The molecule has 1 saturated heterocycles. The number of carbonyl (C=O) groups excluding carboxylic acids is 1. The van der Waals surface area contributed by atoms with Crippen molar-refractivity contribution in [1.29, 1.82) is 0 Å². The molecule has 0 atom stereocenters. The van der Waals surface area contributed by atoms with Crippen molar-refractivity contribution in [1.82, 2.24) is 5.06 Å². The maximum atomic E-state index is 12.0. The molecule has 0 saturated carbocycles. The second-order valence-electron chi connectivity index (χ2n) is 5.09. The third-order valence-electron chi connectivity index (χ3n) is 2.91. The average molecular weight is 254 g/mol. The molecule has 3 nitrogen and oxygen atoms in total. The van der Waals surface area contributed by atoms with Crippen molar-refractivity contribution in [3.63, 3.8) is 0 Å². The lowest BCUT2D eigenvalue weighted by molar-refractivity contribution is -0.165. The lowest BCUT2D eigenvalue weighted by Crippen LogP contribution is -2.30. The number of hydrogen-bond acceptors (Lipinski definition) is 2. The maximum absolute atomic E-state index is 12.0. The fraction of sp³-hybridized carbons (Fsp3) is 0.462. The first-order valence-electron chi connectivity index (χ1n) is 5.60. The number of halogens is 1. The molecule has 1 fully saturated rings. The number of aryl methyl sites for hydroxylation is 1. The van der Waals surface area contributed by atoms with E-state index in [9.17, 15) is 4.79 Å². The van der Waals surface area contributed by atoms with E-state index in [2.05, 4.69) is 0 Å². The van der Waals surface area contributed by atoms with Gasteiger partial charge in [0.15, 0.2) is 0 Å². The topological polar surface area (TPSA) is 29.5 Å². The molecule has 17 heavy (non-hydrogen) atoms. The first-order chi connectivity index (χ1) is 7.90. The van der Waals surface area contributed by atoms with Crippen LogP contribution in [0, 0.1) is 12.3 Å². The zero-order valence-electron chi connectivity index (χ0n) is 10.3. The SMILES string of the molecule is Cc1ccc(CN2OCC(C)(C)C2=O)c(Cl)c1. The van der Waals surface area contributed by atoms with Gasteiger partial charge in [0.2, 0.25) is 0 Å². The van der Waals surface area contributed by atoms with Crippen LogP contribution in [0.25, 0.3) is 0 Å². The molecule has 0 aliphatic carbocycles. The van der Waals surface area contributed by atoms with E-state index in [1.54, 1.807) is 0 Å². The van der Waals surface area contributed by atoms with Gasteiger partial charge in [-0.2, -0.15) is 0 Å². The predicted molar refractivity (Wildman–Crippen MR) is 66.5 cm³/mol. The van der Waals surface area contributed by atoms with Gasteiger partial charge in [-0.15, -0.1) is 0 Å². The summed E-state index contributed by atoms with van der Waals surface area (Å²) >= 11 is 6.13. The number of hydroxylamine groups is 2.